The van der Waals surface area contributed by atoms with Crippen molar-refractivity contribution < 1.29 is 23.1 Å². The number of alkyl halides is 3. The number of aryl methyl sites for hydroxylation is 1. The van der Waals surface area contributed by atoms with Crippen molar-refractivity contribution in [2.45, 2.75) is 25.4 Å². The number of pyridine rings is 1. The summed E-state index contributed by atoms with van der Waals surface area (Å²) in [6, 6.07) is 2.24. The molecular formula is C11H10F3NO2. The molecule has 1 aliphatic carbocycles. The minimum absolute atomic E-state index is 0.260. The van der Waals surface area contributed by atoms with Crippen LogP contribution in [0.5, 0.6) is 0 Å². The van der Waals surface area contributed by atoms with Crippen molar-refractivity contribution in [3.63, 3.8) is 0 Å². The van der Waals surface area contributed by atoms with Gasteiger partial charge in [-0.25, -0.2) is 4.98 Å². The van der Waals surface area contributed by atoms with Crippen LogP contribution in [0.25, 0.3) is 0 Å². The minimum Gasteiger partial charge on any atom is -0.481 e. The number of aliphatic carboxylic acids is 1. The lowest BCUT2D eigenvalue weighted by Crippen LogP contribution is -2.23. The Balaban J connectivity index is 2.29. The average molecular weight is 245 g/mol. The third-order valence-corrected chi connectivity index (χ3v) is 2.90. The number of halogens is 3. The van der Waals surface area contributed by atoms with Gasteiger partial charge in [0.25, 0.3) is 0 Å². The Morgan fingerprint density at radius 1 is 1.41 bits per heavy atom. The second-order valence-corrected chi connectivity index (χ2v) is 4.08. The summed E-state index contributed by atoms with van der Waals surface area (Å²) in [5.74, 6) is -1.42. The molecule has 0 aliphatic heterocycles. The van der Waals surface area contributed by atoms with E-state index >= 15 is 0 Å². The fraction of sp³-hybridized carbons (Fsp3) is 0.455. The van der Waals surface area contributed by atoms with Gasteiger partial charge in [-0.1, -0.05) is 6.07 Å². The van der Waals surface area contributed by atoms with Gasteiger partial charge in [-0.15, -0.1) is 0 Å². The van der Waals surface area contributed by atoms with Crippen molar-refractivity contribution in [1.29, 1.82) is 0 Å². The predicted molar refractivity (Wildman–Crippen MR) is 52.4 cm³/mol. The summed E-state index contributed by atoms with van der Waals surface area (Å²) in [6.45, 7) is 0. The van der Waals surface area contributed by atoms with Crippen molar-refractivity contribution in [2.24, 2.45) is 5.92 Å². The quantitative estimate of drug-likeness (QED) is 0.825. The van der Waals surface area contributed by atoms with Gasteiger partial charge in [-0.2, -0.15) is 13.2 Å². The van der Waals surface area contributed by atoms with Gasteiger partial charge in [0, 0.05) is 5.69 Å². The van der Waals surface area contributed by atoms with Crippen LogP contribution in [0.15, 0.2) is 12.1 Å². The summed E-state index contributed by atoms with van der Waals surface area (Å²) in [4.78, 5) is 14.4. The number of rotatable bonds is 1. The molecule has 6 heteroatoms. The first kappa shape index (κ1) is 11.9. The molecule has 0 amide bonds. The number of carboxylic acids is 1. The molecule has 1 aliphatic rings. The van der Waals surface area contributed by atoms with Crippen LogP contribution in [0, 0.1) is 5.92 Å². The zero-order valence-corrected chi connectivity index (χ0v) is 8.79. The Hall–Kier alpha value is -1.59. The standard InChI is InChI=1S/C11H10F3NO2/c12-11(13,14)9-4-2-6-5-7(10(16)17)1-3-8(6)15-9/h2,4,7H,1,3,5H2,(H,16,17)/t7-/m1/s1. The van der Waals surface area contributed by atoms with Gasteiger partial charge >= 0.3 is 12.1 Å². The van der Waals surface area contributed by atoms with E-state index in [-0.39, 0.29) is 12.8 Å². The number of carbonyl (C=O) groups is 1. The molecule has 2 rings (SSSR count). The van der Waals surface area contributed by atoms with Crippen LogP contribution < -0.4 is 0 Å². The second-order valence-electron chi connectivity index (χ2n) is 4.08. The summed E-state index contributed by atoms with van der Waals surface area (Å²) in [6.07, 6.45) is -3.55. The molecule has 1 N–H and O–H groups in total. The van der Waals surface area contributed by atoms with E-state index in [0.29, 0.717) is 17.7 Å². The number of hydrogen-bond acceptors (Lipinski definition) is 2. The lowest BCUT2D eigenvalue weighted by atomic mass is 9.86. The smallest absolute Gasteiger partial charge is 0.433 e. The lowest BCUT2D eigenvalue weighted by Gasteiger charge is -2.21. The molecule has 0 saturated carbocycles. The molecule has 1 aromatic rings. The maximum absolute atomic E-state index is 12.4. The fourth-order valence-electron chi connectivity index (χ4n) is 1.98. The van der Waals surface area contributed by atoms with Crippen molar-refractivity contribution in [1.82, 2.24) is 4.98 Å². The van der Waals surface area contributed by atoms with Gasteiger partial charge in [0.1, 0.15) is 5.69 Å². The fourth-order valence-corrected chi connectivity index (χ4v) is 1.98. The first-order valence-corrected chi connectivity index (χ1v) is 5.16. The van der Waals surface area contributed by atoms with Crippen molar-refractivity contribution in [2.75, 3.05) is 0 Å². The summed E-state index contributed by atoms with van der Waals surface area (Å²) in [5, 5.41) is 8.85. The van der Waals surface area contributed by atoms with Gasteiger partial charge in [0.15, 0.2) is 0 Å². The van der Waals surface area contributed by atoms with E-state index < -0.39 is 23.8 Å². The van der Waals surface area contributed by atoms with E-state index in [4.69, 9.17) is 5.11 Å². The molecule has 0 unspecified atom stereocenters. The molecule has 1 atom stereocenters. The SMILES string of the molecule is O=C(O)[C@@H]1CCc2nc(C(F)(F)F)ccc2C1. The Labute approximate surface area is 95.3 Å². The molecule has 0 aromatic carbocycles. The summed E-state index contributed by atoms with van der Waals surface area (Å²) in [5.41, 5.74) is 0.0685. The van der Waals surface area contributed by atoms with E-state index in [1.165, 1.54) is 6.07 Å². The van der Waals surface area contributed by atoms with E-state index in [9.17, 15) is 18.0 Å². The zero-order valence-electron chi connectivity index (χ0n) is 8.79. The van der Waals surface area contributed by atoms with Crippen LogP contribution in [0.2, 0.25) is 0 Å². The molecule has 0 bridgehead atoms. The highest BCUT2D eigenvalue weighted by Crippen LogP contribution is 2.31. The van der Waals surface area contributed by atoms with E-state index in [2.05, 4.69) is 4.98 Å². The van der Waals surface area contributed by atoms with Crippen LogP contribution in [0.4, 0.5) is 13.2 Å². The summed E-state index contributed by atoms with van der Waals surface area (Å²) < 4.78 is 37.2. The maximum Gasteiger partial charge on any atom is 0.433 e. The normalized spacial score (nSPS) is 19.8. The number of aromatic nitrogens is 1. The number of nitrogens with zero attached hydrogens (tertiary/aromatic N) is 1. The Bertz CT molecular complexity index is 457. The topological polar surface area (TPSA) is 50.2 Å². The van der Waals surface area contributed by atoms with Crippen molar-refractivity contribution in [3.8, 4) is 0 Å². The van der Waals surface area contributed by atoms with Crippen LogP contribution >= 0.6 is 0 Å². The van der Waals surface area contributed by atoms with Crippen molar-refractivity contribution in [3.05, 3.63) is 29.1 Å². The third-order valence-electron chi connectivity index (χ3n) is 2.90. The van der Waals surface area contributed by atoms with Gasteiger partial charge < -0.3 is 5.11 Å². The van der Waals surface area contributed by atoms with E-state index in [0.717, 1.165) is 6.07 Å². The van der Waals surface area contributed by atoms with Crippen LogP contribution in [0.3, 0.4) is 0 Å². The predicted octanol–water partition coefficient (Wildman–Crippen LogP) is 2.29. The Kier molecular flexibility index (Phi) is 2.81. The lowest BCUT2D eigenvalue weighted by molar-refractivity contribution is -0.143. The summed E-state index contributed by atoms with van der Waals surface area (Å²) in [7, 11) is 0. The molecule has 1 aromatic heterocycles. The first-order chi connectivity index (χ1) is 7.88. The first-order valence-electron chi connectivity index (χ1n) is 5.16. The largest absolute Gasteiger partial charge is 0.481 e. The van der Waals surface area contributed by atoms with Gasteiger partial charge in [0.05, 0.1) is 5.92 Å². The van der Waals surface area contributed by atoms with Crippen molar-refractivity contribution >= 4 is 5.97 Å². The van der Waals surface area contributed by atoms with Gasteiger partial charge in [0.2, 0.25) is 0 Å². The van der Waals surface area contributed by atoms with Crippen LogP contribution in [-0.4, -0.2) is 16.1 Å². The number of carboxylic acid groups (broad SMARTS) is 1. The highest BCUT2D eigenvalue weighted by atomic mass is 19.4. The molecule has 0 saturated heterocycles. The van der Waals surface area contributed by atoms with Gasteiger partial charge in [-0.05, 0) is 30.9 Å². The number of hydrogen-bond donors (Lipinski definition) is 1. The maximum atomic E-state index is 12.4. The van der Waals surface area contributed by atoms with Gasteiger partial charge in [-0.3, -0.25) is 4.79 Å². The third kappa shape index (κ3) is 2.40. The molecule has 0 spiro atoms. The molecule has 92 valence electrons. The molecule has 17 heavy (non-hydrogen) atoms. The zero-order chi connectivity index (χ0) is 12.6. The monoisotopic (exact) mass is 245 g/mol. The molecule has 1 heterocycles. The van der Waals surface area contributed by atoms with Crippen LogP contribution in [0.1, 0.15) is 23.4 Å². The molecular weight excluding hydrogens is 235 g/mol. The van der Waals surface area contributed by atoms with E-state index in [1.807, 2.05) is 0 Å². The van der Waals surface area contributed by atoms with Crippen LogP contribution in [-0.2, 0) is 23.8 Å². The average Bonchev–Trinajstić information content (AvgIpc) is 2.26. The Morgan fingerprint density at radius 2 is 2.12 bits per heavy atom. The minimum atomic E-state index is -4.45. The number of fused-ring (bicyclic) bond motifs is 1. The molecule has 3 nitrogen and oxygen atoms in total. The highest BCUT2D eigenvalue weighted by Gasteiger charge is 2.34. The molecule has 0 fully saturated rings. The second kappa shape index (κ2) is 4.01. The molecule has 0 radical (unpaired) electrons. The Morgan fingerprint density at radius 3 is 2.71 bits per heavy atom. The van der Waals surface area contributed by atoms with E-state index in [1.54, 1.807) is 0 Å². The highest BCUT2D eigenvalue weighted by molar-refractivity contribution is 5.70. The summed E-state index contributed by atoms with van der Waals surface area (Å²) >= 11 is 0.